The minimum atomic E-state index is 0.561. The summed E-state index contributed by atoms with van der Waals surface area (Å²) in [6.07, 6.45) is 6.69. The van der Waals surface area contributed by atoms with Gasteiger partial charge in [0.25, 0.3) is 0 Å². The molecule has 1 aliphatic carbocycles. The lowest BCUT2D eigenvalue weighted by Crippen LogP contribution is -2.24. The van der Waals surface area contributed by atoms with Crippen molar-refractivity contribution in [3.8, 4) is 0 Å². The quantitative estimate of drug-likeness (QED) is 0.662. The highest BCUT2D eigenvalue weighted by molar-refractivity contribution is 5.18. The van der Waals surface area contributed by atoms with Crippen molar-refractivity contribution in [2.45, 2.75) is 52.0 Å². The van der Waals surface area contributed by atoms with Crippen LogP contribution >= 0.6 is 0 Å². The molecule has 0 saturated heterocycles. The molecule has 1 nitrogen and oxygen atoms in total. The van der Waals surface area contributed by atoms with Crippen molar-refractivity contribution in [2.75, 3.05) is 6.54 Å². The number of rotatable bonds is 8. The average Bonchev–Trinajstić information content (AvgIpc) is 3.11. The van der Waals surface area contributed by atoms with Gasteiger partial charge in [0.1, 0.15) is 0 Å². The van der Waals surface area contributed by atoms with Crippen LogP contribution < -0.4 is 5.32 Å². The lowest BCUT2D eigenvalue weighted by molar-refractivity contribution is 0.458. The summed E-state index contributed by atoms with van der Waals surface area (Å²) in [5, 5.41) is 3.79. The summed E-state index contributed by atoms with van der Waals surface area (Å²) in [6, 6.07) is 11.5. The lowest BCUT2D eigenvalue weighted by atomic mass is 10.0. The molecule has 1 aromatic carbocycles. The molecule has 3 atom stereocenters. The first-order chi connectivity index (χ1) is 8.81. The summed E-state index contributed by atoms with van der Waals surface area (Å²) in [6.45, 7) is 5.84. The molecule has 0 aromatic heterocycles. The van der Waals surface area contributed by atoms with Crippen molar-refractivity contribution >= 4 is 0 Å². The zero-order chi connectivity index (χ0) is 12.8. The fourth-order valence-corrected chi connectivity index (χ4v) is 2.65. The molecule has 0 amide bonds. The molecule has 2 rings (SSSR count). The SMILES string of the molecule is CCCCCC(NCC1CC1C)c1ccccc1. The van der Waals surface area contributed by atoms with E-state index in [-0.39, 0.29) is 0 Å². The monoisotopic (exact) mass is 245 g/mol. The van der Waals surface area contributed by atoms with Crippen LogP contribution in [-0.2, 0) is 0 Å². The smallest absolute Gasteiger partial charge is 0.0320 e. The Hall–Kier alpha value is -0.820. The van der Waals surface area contributed by atoms with Gasteiger partial charge in [0.15, 0.2) is 0 Å². The van der Waals surface area contributed by atoms with E-state index in [9.17, 15) is 0 Å². The molecule has 1 aromatic rings. The first-order valence-corrected chi connectivity index (χ1v) is 7.59. The standard InChI is InChI=1S/C17H27N/c1-3-4-6-11-17(15-9-7-5-8-10-15)18-13-16-12-14(16)2/h5,7-10,14,16-18H,3-4,6,11-13H2,1-2H3. The second-order valence-corrected chi connectivity index (χ2v) is 5.84. The molecule has 0 spiro atoms. The summed E-state index contributed by atoms with van der Waals surface area (Å²) in [5.41, 5.74) is 1.46. The molecule has 1 aliphatic rings. The van der Waals surface area contributed by atoms with Gasteiger partial charge in [-0.15, -0.1) is 0 Å². The van der Waals surface area contributed by atoms with Gasteiger partial charge in [-0.2, -0.15) is 0 Å². The predicted octanol–water partition coefficient (Wildman–Crippen LogP) is 4.55. The Kier molecular flexibility index (Phi) is 5.25. The zero-order valence-electron chi connectivity index (χ0n) is 11.9. The minimum absolute atomic E-state index is 0.561. The summed E-state index contributed by atoms with van der Waals surface area (Å²) in [7, 11) is 0. The number of hydrogen-bond acceptors (Lipinski definition) is 1. The maximum Gasteiger partial charge on any atom is 0.0320 e. The normalized spacial score (nSPS) is 23.9. The Morgan fingerprint density at radius 2 is 1.94 bits per heavy atom. The Morgan fingerprint density at radius 3 is 2.56 bits per heavy atom. The van der Waals surface area contributed by atoms with Gasteiger partial charge < -0.3 is 5.32 Å². The van der Waals surface area contributed by atoms with E-state index in [1.165, 1.54) is 44.2 Å². The van der Waals surface area contributed by atoms with Gasteiger partial charge in [-0.1, -0.05) is 63.4 Å². The van der Waals surface area contributed by atoms with E-state index in [1.807, 2.05) is 0 Å². The average molecular weight is 245 g/mol. The molecular weight excluding hydrogens is 218 g/mol. The molecule has 3 unspecified atom stereocenters. The molecule has 100 valence electrons. The van der Waals surface area contributed by atoms with E-state index in [0.717, 1.165) is 11.8 Å². The molecule has 0 aliphatic heterocycles. The van der Waals surface area contributed by atoms with Crippen molar-refractivity contribution in [2.24, 2.45) is 11.8 Å². The summed E-state index contributed by atoms with van der Waals surface area (Å²) in [5.74, 6) is 1.88. The van der Waals surface area contributed by atoms with Crippen molar-refractivity contribution in [1.29, 1.82) is 0 Å². The topological polar surface area (TPSA) is 12.0 Å². The van der Waals surface area contributed by atoms with Crippen LogP contribution in [0, 0.1) is 11.8 Å². The lowest BCUT2D eigenvalue weighted by Gasteiger charge is -2.19. The maximum atomic E-state index is 3.79. The van der Waals surface area contributed by atoms with E-state index >= 15 is 0 Å². The molecule has 1 N–H and O–H groups in total. The molecule has 0 bridgehead atoms. The van der Waals surface area contributed by atoms with Gasteiger partial charge in [0.2, 0.25) is 0 Å². The van der Waals surface area contributed by atoms with E-state index in [4.69, 9.17) is 0 Å². The number of benzene rings is 1. The van der Waals surface area contributed by atoms with Gasteiger partial charge in [-0.25, -0.2) is 0 Å². The Balaban J connectivity index is 1.85. The van der Waals surface area contributed by atoms with Gasteiger partial charge in [0.05, 0.1) is 0 Å². The molecular formula is C17H27N. The third-order valence-electron chi connectivity index (χ3n) is 4.20. The maximum absolute atomic E-state index is 3.79. The first kappa shape index (κ1) is 13.6. The van der Waals surface area contributed by atoms with Crippen molar-refractivity contribution in [3.05, 3.63) is 35.9 Å². The third-order valence-corrected chi connectivity index (χ3v) is 4.20. The highest BCUT2D eigenvalue weighted by Crippen LogP contribution is 2.37. The van der Waals surface area contributed by atoms with Crippen molar-refractivity contribution < 1.29 is 0 Å². The Labute approximate surface area is 112 Å². The number of unbranched alkanes of at least 4 members (excludes halogenated alkanes) is 2. The van der Waals surface area contributed by atoms with Crippen LogP contribution in [0.5, 0.6) is 0 Å². The van der Waals surface area contributed by atoms with Crippen molar-refractivity contribution in [3.63, 3.8) is 0 Å². The van der Waals surface area contributed by atoms with Gasteiger partial charge in [-0.05, 0) is 36.8 Å². The summed E-state index contributed by atoms with van der Waals surface area (Å²) >= 11 is 0. The van der Waals surface area contributed by atoms with E-state index in [2.05, 4.69) is 49.5 Å². The van der Waals surface area contributed by atoms with Gasteiger partial charge >= 0.3 is 0 Å². The minimum Gasteiger partial charge on any atom is -0.310 e. The van der Waals surface area contributed by atoms with Crippen molar-refractivity contribution in [1.82, 2.24) is 5.32 Å². The highest BCUT2D eigenvalue weighted by atomic mass is 14.9. The Bertz CT molecular complexity index is 333. The number of hydrogen-bond donors (Lipinski definition) is 1. The molecule has 1 saturated carbocycles. The van der Waals surface area contributed by atoms with Crippen LogP contribution in [0.1, 0.15) is 57.6 Å². The van der Waals surface area contributed by atoms with Crippen LogP contribution in [0.25, 0.3) is 0 Å². The van der Waals surface area contributed by atoms with E-state index in [0.29, 0.717) is 6.04 Å². The first-order valence-electron chi connectivity index (χ1n) is 7.59. The van der Waals surface area contributed by atoms with Crippen LogP contribution in [0.2, 0.25) is 0 Å². The van der Waals surface area contributed by atoms with E-state index < -0.39 is 0 Å². The van der Waals surface area contributed by atoms with Crippen LogP contribution in [0.4, 0.5) is 0 Å². The Morgan fingerprint density at radius 1 is 1.22 bits per heavy atom. The molecule has 1 heteroatoms. The summed E-state index contributed by atoms with van der Waals surface area (Å²) < 4.78 is 0. The van der Waals surface area contributed by atoms with Gasteiger partial charge in [0, 0.05) is 6.04 Å². The van der Waals surface area contributed by atoms with Crippen LogP contribution in [-0.4, -0.2) is 6.54 Å². The van der Waals surface area contributed by atoms with E-state index in [1.54, 1.807) is 0 Å². The molecule has 0 radical (unpaired) electrons. The zero-order valence-corrected chi connectivity index (χ0v) is 11.9. The van der Waals surface area contributed by atoms with Gasteiger partial charge in [-0.3, -0.25) is 0 Å². The van der Waals surface area contributed by atoms with Crippen LogP contribution in [0.3, 0.4) is 0 Å². The second-order valence-electron chi connectivity index (χ2n) is 5.84. The fourth-order valence-electron chi connectivity index (χ4n) is 2.65. The fraction of sp³-hybridized carbons (Fsp3) is 0.647. The summed E-state index contributed by atoms with van der Waals surface area (Å²) in [4.78, 5) is 0. The third kappa shape index (κ3) is 4.13. The predicted molar refractivity (Wildman–Crippen MR) is 78.6 cm³/mol. The molecule has 0 heterocycles. The highest BCUT2D eigenvalue weighted by Gasteiger charge is 2.32. The second kappa shape index (κ2) is 6.94. The largest absolute Gasteiger partial charge is 0.310 e. The molecule has 1 fully saturated rings. The van der Waals surface area contributed by atoms with Crippen LogP contribution in [0.15, 0.2) is 30.3 Å². The number of nitrogens with one attached hydrogen (secondary N) is 1. The molecule has 18 heavy (non-hydrogen) atoms.